The van der Waals surface area contributed by atoms with Crippen LogP contribution in [-0.4, -0.2) is 19.1 Å². The topological polar surface area (TPSA) is 64.3 Å². The molecule has 0 radical (unpaired) electrons. The van der Waals surface area contributed by atoms with Gasteiger partial charge < -0.3 is 15.8 Å². The maximum Gasteiger partial charge on any atom is 0.255 e. The molecule has 0 unspecified atom stereocenters. The zero-order valence-corrected chi connectivity index (χ0v) is 13.6. The van der Waals surface area contributed by atoms with E-state index < -0.39 is 11.7 Å². The molecule has 0 fully saturated rings. The Kier molecular flexibility index (Phi) is 6.21. The summed E-state index contributed by atoms with van der Waals surface area (Å²) in [6.07, 6.45) is 0. The summed E-state index contributed by atoms with van der Waals surface area (Å²) in [6.45, 7) is 0.723. The molecule has 0 aromatic heterocycles. The zero-order chi connectivity index (χ0) is 16.8. The van der Waals surface area contributed by atoms with Gasteiger partial charge in [0.1, 0.15) is 18.2 Å². The molecule has 0 aliphatic heterocycles. The molecule has 0 saturated heterocycles. The Hall–Kier alpha value is -1.82. The van der Waals surface area contributed by atoms with Crippen molar-refractivity contribution in [2.24, 2.45) is 5.73 Å². The van der Waals surface area contributed by atoms with E-state index in [2.05, 4.69) is 5.32 Å². The molecule has 0 spiro atoms. The fourth-order valence-electron chi connectivity index (χ4n) is 1.96. The lowest BCUT2D eigenvalue weighted by Crippen LogP contribution is -2.24. The van der Waals surface area contributed by atoms with Crippen molar-refractivity contribution in [2.45, 2.75) is 6.54 Å². The number of ether oxygens (including phenoxy) is 1. The first-order valence-electron chi connectivity index (χ1n) is 6.85. The molecular weight excluding hydrogens is 342 g/mol. The van der Waals surface area contributed by atoms with Crippen molar-refractivity contribution in [2.75, 3.05) is 13.2 Å². The van der Waals surface area contributed by atoms with Gasteiger partial charge in [-0.1, -0.05) is 23.2 Å². The molecule has 0 heterocycles. The lowest BCUT2D eigenvalue weighted by molar-refractivity contribution is 0.0946. The highest BCUT2D eigenvalue weighted by Gasteiger charge is 2.14. The van der Waals surface area contributed by atoms with E-state index in [0.29, 0.717) is 16.6 Å². The van der Waals surface area contributed by atoms with Gasteiger partial charge >= 0.3 is 0 Å². The lowest BCUT2D eigenvalue weighted by Gasteiger charge is -2.12. The first kappa shape index (κ1) is 17.5. The van der Waals surface area contributed by atoms with E-state index in [1.807, 2.05) is 0 Å². The van der Waals surface area contributed by atoms with Crippen LogP contribution in [0.5, 0.6) is 5.75 Å². The number of rotatable bonds is 6. The maximum atomic E-state index is 13.4. The molecule has 0 aliphatic rings. The highest BCUT2D eigenvalue weighted by molar-refractivity contribution is 6.34. The summed E-state index contributed by atoms with van der Waals surface area (Å²) in [5.74, 6) is -0.716. The van der Waals surface area contributed by atoms with Crippen LogP contribution in [0.15, 0.2) is 36.4 Å². The molecule has 1 amide bonds. The van der Waals surface area contributed by atoms with Gasteiger partial charge in [-0.2, -0.15) is 0 Å². The minimum Gasteiger partial charge on any atom is -0.491 e. The second kappa shape index (κ2) is 8.15. The maximum absolute atomic E-state index is 13.4. The Labute approximate surface area is 143 Å². The Bertz CT molecular complexity index is 690. The van der Waals surface area contributed by atoms with Crippen LogP contribution in [0.4, 0.5) is 4.39 Å². The summed E-state index contributed by atoms with van der Waals surface area (Å²) >= 11 is 11.8. The molecule has 0 bridgehead atoms. The van der Waals surface area contributed by atoms with Crippen LogP contribution in [0.25, 0.3) is 0 Å². The normalized spacial score (nSPS) is 10.4. The third-order valence-corrected chi connectivity index (χ3v) is 3.37. The van der Waals surface area contributed by atoms with Crippen molar-refractivity contribution in [3.05, 3.63) is 63.4 Å². The van der Waals surface area contributed by atoms with Crippen LogP contribution in [0, 0.1) is 5.82 Å². The van der Waals surface area contributed by atoms with Gasteiger partial charge in [0.05, 0.1) is 5.56 Å². The van der Waals surface area contributed by atoms with Crippen LogP contribution >= 0.6 is 23.2 Å². The molecule has 7 heteroatoms. The number of halogens is 3. The molecule has 2 rings (SSSR count). The van der Waals surface area contributed by atoms with Crippen LogP contribution in [-0.2, 0) is 6.54 Å². The van der Waals surface area contributed by atoms with Crippen LogP contribution in [0.1, 0.15) is 15.9 Å². The molecule has 0 atom stereocenters. The number of nitrogens with two attached hydrogens (primary N) is 1. The summed E-state index contributed by atoms with van der Waals surface area (Å²) < 4.78 is 18.8. The largest absolute Gasteiger partial charge is 0.491 e. The monoisotopic (exact) mass is 356 g/mol. The SMILES string of the molecule is NCCOc1ccc(F)cc1C(=O)NCc1cc(Cl)cc(Cl)c1. The van der Waals surface area contributed by atoms with Crippen molar-refractivity contribution < 1.29 is 13.9 Å². The third-order valence-electron chi connectivity index (χ3n) is 2.94. The minimum atomic E-state index is -0.527. The molecule has 4 nitrogen and oxygen atoms in total. The smallest absolute Gasteiger partial charge is 0.255 e. The van der Waals surface area contributed by atoms with E-state index in [-0.39, 0.29) is 24.5 Å². The number of amides is 1. The number of benzene rings is 2. The third kappa shape index (κ3) is 5.10. The fraction of sp³-hybridized carbons (Fsp3) is 0.188. The Balaban J connectivity index is 2.12. The van der Waals surface area contributed by atoms with Gasteiger partial charge in [-0.15, -0.1) is 0 Å². The number of nitrogens with one attached hydrogen (secondary N) is 1. The van der Waals surface area contributed by atoms with E-state index in [1.165, 1.54) is 12.1 Å². The Morgan fingerprint density at radius 3 is 2.52 bits per heavy atom. The van der Waals surface area contributed by atoms with E-state index in [0.717, 1.165) is 11.6 Å². The number of carbonyl (C=O) groups excluding carboxylic acids is 1. The average molecular weight is 357 g/mol. The van der Waals surface area contributed by atoms with Gasteiger partial charge in [0.25, 0.3) is 5.91 Å². The fourth-order valence-corrected chi connectivity index (χ4v) is 2.54. The quantitative estimate of drug-likeness (QED) is 0.833. The summed E-state index contributed by atoms with van der Waals surface area (Å²) in [7, 11) is 0. The molecule has 0 saturated carbocycles. The van der Waals surface area contributed by atoms with E-state index in [9.17, 15) is 9.18 Å². The van der Waals surface area contributed by atoms with Gasteiger partial charge in [0, 0.05) is 23.1 Å². The van der Waals surface area contributed by atoms with Gasteiger partial charge in [-0.3, -0.25) is 4.79 Å². The minimum absolute atomic E-state index is 0.103. The zero-order valence-electron chi connectivity index (χ0n) is 12.1. The van der Waals surface area contributed by atoms with Crippen molar-refractivity contribution >= 4 is 29.1 Å². The first-order chi connectivity index (χ1) is 11.0. The molecule has 2 aromatic rings. The summed E-state index contributed by atoms with van der Waals surface area (Å²) in [4.78, 5) is 12.3. The summed E-state index contributed by atoms with van der Waals surface area (Å²) in [5.41, 5.74) is 6.21. The highest BCUT2D eigenvalue weighted by atomic mass is 35.5. The Morgan fingerprint density at radius 2 is 1.87 bits per heavy atom. The second-order valence-corrected chi connectivity index (χ2v) is 5.61. The van der Waals surface area contributed by atoms with Gasteiger partial charge in [-0.25, -0.2) is 4.39 Å². The van der Waals surface area contributed by atoms with Gasteiger partial charge in [0.15, 0.2) is 0 Å². The van der Waals surface area contributed by atoms with Crippen LogP contribution < -0.4 is 15.8 Å². The van der Waals surface area contributed by atoms with Crippen molar-refractivity contribution in [1.29, 1.82) is 0 Å². The number of carbonyl (C=O) groups is 1. The number of hydrogen-bond acceptors (Lipinski definition) is 3. The van der Waals surface area contributed by atoms with E-state index in [4.69, 9.17) is 33.7 Å². The van der Waals surface area contributed by atoms with Gasteiger partial charge in [-0.05, 0) is 42.0 Å². The average Bonchev–Trinajstić information content (AvgIpc) is 2.50. The van der Waals surface area contributed by atoms with Gasteiger partial charge in [0.2, 0.25) is 0 Å². The molecule has 2 aromatic carbocycles. The van der Waals surface area contributed by atoms with Crippen LogP contribution in [0.3, 0.4) is 0 Å². The van der Waals surface area contributed by atoms with Crippen molar-refractivity contribution in [3.63, 3.8) is 0 Å². The predicted molar refractivity (Wildman–Crippen MR) is 88.6 cm³/mol. The summed E-state index contributed by atoms with van der Waals surface area (Å²) in [5, 5.41) is 3.62. The van der Waals surface area contributed by atoms with E-state index in [1.54, 1.807) is 18.2 Å². The molecule has 23 heavy (non-hydrogen) atoms. The molecule has 3 N–H and O–H groups in total. The molecular formula is C16H15Cl2FN2O2. The standard InChI is InChI=1S/C16H15Cl2FN2O2/c17-11-5-10(6-12(18)7-11)9-21-16(22)14-8-13(19)1-2-15(14)23-4-3-20/h1-2,5-8H,3-4,9,20H2,(H,21,22). The Morgan fingerprint density at radius 1 is 1.17 bits per heavy atom. The van der Waals surface area contributed by atoms with E-state index >= 15 is 0 Å². The second-order valence-electron chi connectivity index (χ2n) is 4.74. The molecule has 122 valence electrons. The lowest BCUT2D eigenvalue weighted by atomic mass is 10.1. The van der Waals surface area contributed by atoms with Crippen molar-refractivity contribution in [1.82, 2.24) is 5.32 Å². The van der Waals surface area contributed by atoms with Crippen LogP contribution in [0.2, 0.25) is 10.0 Å². The number of hydrogen-bond donors (Lipinski definition) is 2. The first-order valence-corrected chi connectivity index (χ1v) is 7.61. The summed E-state index contributed by atoms with van der Waals surface area (Å²) in [6, 6.07) is 8.71. The highest BCUT2D eigenvalue weighted by Crippen LogP contribution is 2.21. The van der Waals surface area contributed by atoms with Crippen molar-refractivity contribution in [3.8, 4) is 5.75 Å². The molecule has 0 aliphatic carbocycles. The predicted octanol–water partition coefficient (Wildman–Crippen LogP) is 3.40.